The van der Waals surface area contributed by atoms with E-state index in [9.17, 15) is 0 Å². The Hall–Kier alpha value is -0.0800. The van der Waals surface area contributed by atoms with Crippen LogP contribution in [0.2, 0.25) is 0 Å². The monoisotopic (exact) mass is 187 g/mol. The molecule has 0 amide bonds. The lowest BCUT2D eigenvalue weighted by Gasteiger charge is -2.24. The molecule has 80 valence electrons. The van der Waals surface area contributed by atoms with Crippen LogP contribution in [0, 0.1) is 11.3 Å². The van der Waals surface area contributed by atoms with E-state index in [1.54, 1.807) is 0 Å². The standard InChI is InChI=1S/C11H25NO/c1-10(9-13)5-4-6-11(2,3)7-8-12/h10,13H,4-9,12H2,1-3H3. The third kappa shape index (κ3) is 7.03. The highest BCUT2D eigenvalue weighted by molar-refractivity contribution is 4.69. The Morgan fingerprint density at radius 2 is 1.92 bits per heavy atom. The van der Waals surface area contributed by atoms with Gasteiger partial charge in [-0.15, -0.1) is 0 Å². The van der Waals surface area contributed by atoms with E-state index in [2.05, 4.69) is 20.8 Å². The zero-order valence-electron chi connectivity index (χ0n) is 9.34. The van der Waals surface area contributed by atoms with Crippen molar-refractivity contribution in [2.24, 2.45) is 17.1 Å². The molecule has 0 aliphatic heterocycles. The molecular formula is C11H25NO. The van der Waals surface area contributed by atoms with Gasteiger partial charge in [-0.3, -0.25) is 0 Å². The highest BCUT2D eigenvalue weighted by atomic mass is 16.3. The smallest absolute Gasteiger partial charge is 0.0456 e. The topological polar surface area (TPSA) is 46.2 Å². The third-order valence-corrected chi connectivity index (χ3v) is 2.68. The van der Waals surface area contributed by atoms with Crippen LogP contribution in [0.25, 0.3) is 0 Å². The molecule has 0 fully saturated rings. The van der Waals surface area contributed by atoms with Gasteiger partial charge in [0.25, 0.3) is 0 Å². The van der Waals surface area contributed by atoms with Crippen LogP contribution in [0.4, 0.5) is 0 Å². The predicted octanol–water partition coefficient (Wildman–Crippen LogP) is 2.16. The molecule has 0 spiro atoms. The van der Waals surface area contributed by atoms with E-state index in [0.717, 1.165) is 19.4 Å². The van der Waals surface area contributed by atoms with E-state index in [1.165, 1.54) is 12.8 Å². The first-order valence-corrected chi connectivity index (χ1v) is 5.33. The molecule has 0 aromatic carbocycles. The van der Waals surface area contributed by atoms with Crippen LogP contribution < -0.4 is 5.73 Å². The molecule has 1 atom stereocenters. The highest BCUT2D eigenvalue weighted by Gasteiger charge is 2.16. The normalized spacial score (nSPS) is 14.5. The van der Waals surface area contributed by atoms with Crippen LogP contribution >= 0.6 is 0 Å². The first-order chi connectivity index (χ1) is 6.02. The van der Waals surface area contributed by atoms with Gasteiger partial charge < -0.3 is 10.8 Å². The second kappa shape index (κ2) is 6.39. The van der Waals surface area contributed by atoms with Crippen molar-refractivity contribution < 1.29 is 5.11 Å². The molecule has 0 bridgehead atoms. The molecule has 0 aliphatic carbocycles. The van der Waals surface area contributed by atoms with E-state index >= 15 is 0 Å². The number of aliphatic hydroxyl groups is 1. The van der Waals surface area contributed by atoms with E-state index in [0.29, 0.717) is 17.9 Å². The van der Waals surface area contributed by atoms with Crippen molar-refractivity contribution in [3.63, 3.8) is 0 Å². The van der Waals surface area contributed by atoms with Crippen LogP contribution in [0.3, 0.4) is 0 Å². The van der Waals surface area contributed by atoms with Crippen molar-refractivity contribution >= 4 is 0 Å². The average molecular weight is 187 g/mol. The van der Waals surface area contributed by atoms with Crippen LogP contribution in [0.15, 0.2) is 0 Å². The summed E-state index contributed by atoms with van der Waals surface area (Å²) in [6.07, 6.45) is 4.65. The lowest BCUT2D eigenvalue weighted by atomic mass is 9.83. The van der Waals surface area contributed by atoms with Gasteiger partial charge in [-0.2, -0.15) is 0 Å². The van der Waals surface area contributed by atoms with Crippen molar-refractivity contribution in [2.45, 2.75) is 46.5 Å². The van der Waals surface area contributed by atoms with Crippen molar-refractivity contribution in [3.05, 3.63) is 0 Å². The van der Waals surface area contributed by atoms with E-state index in [1.807, 2.05) is 0 Å². The van der Waals surface area contributed by atoms with Crippen molar-refractivity contribution in [2.75, 3.05) is 13.2 Å². The molecular weight excluding hydrogens is 162 g/mol. The van der Waals surface area contributed by atoms with E-state index in [4.69, 9.17) is 10.8 Å². The van der Waals surface area contributed by atoms with Crippen LogP contribution in [0.5, 0.6) is 0 Å². The molecule has 0 aromatic heterocycles. The van der Waals surface area contributed by atoms with E-state index < -0.39 is 0 Å². The number of hydrogen-bond donors (Lipinski definition) is 2. The van der Waals surface area contributed by atoms with Gasteiger partial charge in [-0.05, 0) is 37.1 Å². The Morgan fingerprint density at radius 3 is 2.38 bits per heavy atom. The summed E-state index contributed by atoms with van der Waals surface area (Å²) < 4.78 is 0. The Balaban J connectivity index is 3.50. The summed E-state index contributed by atoms with van der Waals surface area (Å²) in [6.45, 7) is 7.72. The van der Waals surface area contributed by atoms with Gasteiger partial charge in [-0.1, -0.05) is 27.2 Å². The number of hydrogen-bond acceptors (Lipinski definition) is 2. The Kier molecular flexibility index (Phi) is 6.35. The maximum Gasteiger partial charge on any atom is 0.0456 e. The third-order valence-electron chi connectivity index (χ3n) is 2.68. The van der Waals surface area contributed by atoms with Crippen LogP contribution in [-0.2, 0) is 0 Å². The minimum absolute atomic E-state index is 0.317. The largest absolute Gasteiger partial charge is 0.396 e. The maximum atomic E-state index is 8.85. The van der Waals surface area contributed by atoms with Gasteiger partial charge in [0.15, 0.2) is 0 Å². The lowest BCUT2D eigenvalue weighted by Crippen LogP contribution is -2.17. The highest BCUT2D eigenvalue weighted by Crippen LogP contribution is 2.27. The number of nitrogens with two attached hydrogens (primary N) is 1. The lowest BCUT2D eigenvalue weighted by molar-refractivity contribution is 0.217. The molecule has 3 N–H and O–H groups in total. The number of aliphatic hydroxyl groups excluding tert-OH is 1. The first-order valence-electron chi connectivity index (χ1n) is 5.33. The fourth-order valence-corrected chi connectivity index (χ4v) is 1.54. The van der Waals surface area contributed by atoms with Crippen LogP contribution in [-0.4, -0.2) is 18.3 Å². The summed E-state index contributed by atoms with van der Waals surface area (Å²) in [4.78, 5) is 0. The van der Waals surface area contributed by atoms with Crippen molar-refractivity contribution in [1.29, 1.82) is 0 Å². The SMILES string of the molecule is CC(CO)CCCC(C)(C)CCN. The van der Waals surface area contributed by atoms with Crippen molar-refractivity contribution in [1.82, 2.24) is 0 Å². The molecule has 0 aliphatic rings. The molecule has 1 unspecified atom stereocenters. The maximum absolute atomic E-state index is 8.85. The van der Waals surface area contributed by atoms with Crippen LogP contribution in [0.1, 0.15) is 46.5 Å². The zero-order valence-corrected chi connectivity index (χ0v) is 9.34. The molecule has 13 heavy (non-hydrogen) atoms. The second-order valence-corrected chi connectivity index (χ2v) is 4.88. The molecule has 0 rings (SSSR count). The molecule has 0 saturated heterocycles. The summed E-state index contributed by atoms with van der Waals surface area (Å²) in [6, 6.07) is 0. The summed E-state index contributed by atoms with van der Waals surface area (Å²) >= 11 is 0. The van der Waals surface area contributed by atoms with Gasteiger partial charge in [0.1, 0.15) is 0 Å². The summed E-state index contributed by atoms with van der Waals surface area (Å²) in [5, 5.41) is 8.85. The fraction of sp³-hybridized carbons (Fsp3) is 1.00. The quantitative estimate of drug-likeness (QED) is 0.641. The molecule has 0 saturated carbocycles. The van der Waals surface area contributed by atoms with Gasteiger partial charge in [0.05, 0.1) is 0 Å². The molecule has 0 radical (unpaired) electrons. The number of rotatable bonds is 7. The van der Waals surface area contributed by atoms with E-state index in [-0.39, 0.29) is 0 Å². The van der Waals surface area contributed by atoms with Gasteiger partial charge in [0.2, 0.25) is 0 Å². The Labute approximate surface area is 82.5 Å². The first kappa shape index (κ1) is 12.9. The predicted molar refractivity (Wildman–Crippen MR) is 57.6 cm³/mol. The average Bonchev–Trinajstić information content (AvgIpc) is 2.03. The van der Waals surface area contributed by atoms with Crippen molar-refractivity contribution in [3.8, 4) is 0 Å². The second-order valence-electron chi connectivity index (χ2n) is 4.88. The Morgan fingerprint density at radius 1 is 1.31 bits per heavy atom. The Bertz CT molecular complexity index is 123. The minimum atomic E-state index is 0.317. The summed E-state index contributed by atoms with van der Waals surface area (Å²) in [5.74, 6) is 0.452. The molecule has 0 heterocycles. The minimum Gasteiger partial charge on any atom is -0.396 e. The molecule has 0 aromatic rings. The fourth-order valence-electron chi connectivity index (χ4n) is 1.54. The molecule has 2 heteroatoms. The van der Waals surface area contributed by atoms with Gasteiger partial charge in [0, 0.05) is 6.61 Å². The van der Waals surface area contributed by atoms with Gasteiger partial charge >= 0.3 is 0 Å². The van der Waals surface area contributed by atoms with Gasteiger partial charge in [-0.25, -0.2) is 0 Å². The zero-order chi connectivity index (χ0) is 10.3. The summed E-state index contributed by atoms with van der Waals surface area (Å²) in [5.41, 5.74) is 5.91. The molecule has 2 nitrogen and oxygen atoms in total. The summed E-state index contributed by atoms with van der Waals surface area (Å²) in [7, 11) is 0.